The summed E-state index contributed by atoms with van der Waals surface area (Å²) in [5.41, 5.74) is 4.28. The van der Waals surface area contributed by atoms with Crippen molar-refractivity contribution in [2.75, 3.05) is 33.2 Å². The average molecular weight is 322 g/mol. The molecule has 0 spiro atoms. The number of aliphatic carboxylic acids is 2. The molecule has 0 aliphatic carbocycles. The van der Waals surface area contributed by atoms with Gasteiger partial charge in [-0.1, -0.05) is 23.8 Å². The van der Waals surface area contributed by atoms with Gasteiger partial charge in [-0.3, -0.25) is 4.90 Å². The fraction of sp³-hybridized carbons (Fsp3) is 0.529. The highest BCUT2D eigenvalue weighted by Crippen LogP contribution is 2.14. The Morgan fingerprint density at radius 2 is 1.70 bits per heavy atom. The summed E-state index contributed by atoms with van der Waals surface area (Å²) in [6.45, 7) is 10.4. The van der Waals surface area contributed by atoms with Crippen molar-refractivity contribution in [1.29, 1.82) is 0 Å². The van der Waals surface area contributed by atoms with Crippen LogP contribution in [-0.2, 0) is 16.1 Å². The highest BCUT2D eigenvalue weighted by atomic mass is 16.4. The molecule has 6 nitrogen and oxygen atoms in total. The zero-order chi connectivity index (χ0) is 17.4. The van der Waals surface area contributed by atoms with Crippen LogP contribution in [0, 0.1) is 13.8 Å². The van der Waals surface area contributed by atoms with Gasteiger partial charge < -0.3 is 15.1 Å². The number of aryl methyl sites for hydroxylation is 2. The SMILES string of the molecule is Cc1ccc(CN2CCCN(C)CC2)c(C)c1.O=C(O)C(=O)O. The van der Waals surface area contributed by atoms with Crippen LogP contribution >= 0.6 is 0 Å². The Hall–Kier alpha value is -1.92. The van der Waals surface area contributed by atoms with Crippen LogP contribution in [0.15, 0.2) is 18.2 Å². The van der Waals surface area contributed by atoms with Gasteiger partial charge in [-0.25, -0.2) is 9.59 Å². The number of likely N-dealkylation sites (N-methyl/N-ethyl adjacent to an activating group) is 1. The summed E-state index contributed by atoms with van der Waals surface area (Å²) in [5.74, 6) is -3.65. The lowest BCUT2D eigenvalue weighted by atomic mass is 10.1. The molecule has 2 N–H and O–H groups in total. The molecule has 1 fully saturated rings. The molecule has 0 aromatic heterocycles. The van der Waals surface area contributed by atoms with Gasteiger partial charge >= 0.3 is 11.9 Å². The van der Waals surface area contributed by atoms with Crippen molar-refractivity contribution in [2.24, 2.45) is 0 Å². The van der Waals surface area contributed by atoms with Gasteiger partial charge in [0.25, 0.3) is 0 Å². The monoisotopic (exact) mass is 322 g/mol. The normalized spacial score (nSPS) is 16.1. The van der Waals surface area contributed by atoms with Gasteiger partial charge in [0, 0.05) is 19.6 Å². The summed E-state index contributed by atoms with van der Waals surface area (Å²) < 4.78 is 0. The number of benzene rings is 1. The predicted octanol–water partition coefficient (Wildman–Crippen LogP) is 1.60. The van der Waals surface area contributed by atoms with Gasteiger partial charge in [0.05, 0.1) is 0 Å². The largest absolute Gasteiger partial charge is 0.473 e. The third-order valence-electron chi connectivity index (χ3n) is 3.89. The van der Waals surface area contributed by atoms with E-state index in [1.807, 2.05) is 0 Å². The molecule has 1 saturated heterocycles. The molecule has 1 aromatic carbocycles. The molecular formula is C17H26N2O4. The van der Waals surface area contributed by atoms with Crippen molar-refractivity contribution < 1.29 is 19.8 Å². The number of carboxylic acids is 2. The van der Waals surface area contributed by atoms with Crippen LogP contribution in [0.25, 0.3) is 0 Å². The molecule has 2 rings (SSSR count). The minimum Gasteiger partial charge on any atom is -0.473 e. The fourth-order valence-corrected chi connectivity index (χ4v) is 2.52. The molecule has 0 bridgehead atoms. The Kier molecular flexibility index (Phi) is 7.71. The standard InChI is InChI=1S/C15H24N2.C2H2O4/c1-13-5-6-15(14(2)11-13)12-17-8-4-7-16(3)9-10-17;3-1(4)2(5)6/h5-6,11H,4,7-10,12H2,1-3H3;(H,3,4)(H,5,6). The Morgan fingerprint density at radius 1 is 1.04 bits per heavy atom. The summed E-state index contributed by atoms with van der Waals surface area (Å²) in [7, 11) is 2.22. The van der Waals surface area contributed by atoms with E-state index in [2.05, 4.69) is 48.9 Å². The molecule has 1 aromatic rings. The van der Waals surface area contributed by atoms with E-state index < -0.39 is 11.9 Å². The number of hydrogen-bond donors (Lipinski definition) is 2. The Morgan fingerprint density at radius 3 is 2.26 bits per heavy atom. The van der Waals surface area contributed by atoms with Crippen molar-refractivity contribution in [3.8, 4) is 0 Å². The summed E-state index contributed by atoms with van der Waals surface area (Å²) in [5, 5.41) is 14.8. The zero-order valence-corrected chi connectivity index (χ0v) is 14.1. The second kappa shape index (κ2) is 9.27. The van der Waals surface area contributed by atoms with Crippen LogP contribution in [0.5, 0.6) is 0 Å². The van der Waals surface area contributed by atoms with E-state index in [1.165, 1.54) is 49.3 Å². The summed E-state index contributed by atoms with van der Waals surface area (Å²) in [6, 6.07) is 6.81. The lowest BCUT2D eigenvalue weighted by Crippen LogP contribution is -2.28. The summed E-state index contributed by atoms with van der Waals surface area (Å²) >= 11 is 0. The highest BCUT2D eigenvalue weighted by Gasteiger charge is 2.12. The second-order valence-electron chi connectivity index (χ2n) is 5.97. The zero-order valence-electron chi connectivity index (χ0n) is 14.1. The first-order chi connectivity index (χ1) is 10.8. The third kappa shape index (κ3) is 7.25. The quantitative estimate of drug-likeness (QED) is 0.805. The van der Waals surface area contributed by atoms with Crippen LogP contribution in [-0.4, -0.2) is 65.2 Å². The molecule has 1 heterocycles. The molecule has 128 valence electrons. The first kappa shape index (κ1) is 19.1. The highest BCUT2D eigenvalue weighted by molar-refractivity contribution is 6.27. The lowest BCUT2D eigenvalue weighted by Gasteiger charge is -2.21. The van der Waals surface area contributed by atoms with E-state index in [-0.39, 0.29) is 0 Å². The molecule has 1 aliphatic heterocycles. The average Bonchev–Trinajstić information content (AvgIpc) is 2.67. The smallest absolute Gasteiger partial charge is 0.414 e. The molecule has 0 amide bonds. The van der Waals surface area contributed by atoms with Crippen molar-refractivity contribution in [1.82, 2.24) is 9.80 Å². The molecular weight excluding hydrogens is 296 g/mol. The Labute approximate surface area is 137 Å². The Bertz CT molecular complexity index is 533. The first-order valence-corrected chi connectivity index (χ1v) is 7.73. The molecule has 1 aliphatic rings. The molecule has 0 radical (unpaired) electrons. The van der Waals surface area contributed by atoms with Gasteiger partial charge in [0.15, 0.2) is 0 Å². The van der Waals surface area contributed by atoms with Crippen molar-refractivity contribution in [2.45, 2.75) is 26.8 Å². The number of rotatable bonds is 2. The predicted molar refractivity (Wildman–Crippen MR) is 88.6 cm³/mol. The van der Waals surface area contributed by atoms with Crippen LogP contribution in [0.1, 0.15) is 23.1 Å². The van der Waals surface area contributed by atoms with Crippen molar-refractivity contribution >= 4 is 11.9 Å². The van der Waals surface area contributed by atoms with Gasteiger partial charge in [-0.2, -0.15) is 0 Å². The maximum Gasteiger partial charge on any atom is 0.414 e. The van der Waals surface area contributed by atoms with Crippen LogP contribution in [0.2, 0.25) is 0 Å². The van der Waals surface area contributed by atoms with Crippen LogP contribution in [0.4, 0.5) is 0 Å². The van der Waals surface area contributed by atoms with E-state index in [4.69, 9.17) is 19.8 Å². The lowest BCUT2D eigenvalue weighted by molar-refractivity contribution is -0.159. The number of hydrogen-bond acceptors (Lipinski definition) is 4. The fourth-order valence-electron chi connectivity index (χ4n) is 2.52. The minimum absolute atomic E-state index is 1.11. The summed E-state index contributed by atoms with van der Waals surface area (Å²) in [6.07, 6.45) is 1.29. The molecule has 6 heteroatoms. The van der Waals surface area contributed by atoms with E-state index in [0.29, 0.717) is 0 Å². The van der Waals surface area contributed by atoms with Crippen molar-refractivity contribution in [3.05, 3.63) is 34.9 Å². The number of carboxylic acid groups (broad SMARTS) is 2. The topological polar surface area (TPSA) is 81.1 Å². The van der Waals surface area contributed by atoms with Gasteiger partial charge in [-0.15, -0.1) is 0 Å². The van der Waals surface area contributed by atoms with Crippen LogP contribution < -0.4 is 0 Å². The molecule has 23 heavy (non-hydrogen) atoms. The number of carbonyl (C=O) groups is 2. The molecule has 0 saturated carbocycles. The maximum atomic E-state index is 9.10. The molecule has 0 unspecified atom stereocenters. The Balaban J connectivity index is 0.000000379. The van der Waals surface area contributed by atoms with Crippen molar-refractivity contribution in [3.63, 3.8) is 0 Å². The van der Waals surface area contributed by atoms with E-state index in [1.54, 1.807) is 0 Å². The van der Waals surface area contributed by atoms with Gasteiger partial charge in [0.1, 0.15) is 0 Å². The second-order valence-corrected chi connectivity index (χ2v) is 5.97. The summed E-state index contributed by atoms with van der Waals surface area (Å²) in [4.78, 5) is 23.2. The van der Waals surface area contributed by atoms with Gasteiger partial charge in [0.2, 0.25) is 0 Å². The minimum atomic E-state index is -1.82. The first-order valence-electron chi connectivity index (χ1n) is 7.73. The third-order valence-corrected chi connectivity index (χ3v) is 3.89. The van der Waals surface area contributed by atoms with Gasteiger partial charge in [-0.05, 0) is 51.5 Å². The van der Waals surface area contributed by atoms with E-state index in [0.717, 1.165) is 6.54 Å². The molecule has 0 atom stereocenters. The van der Waals surface area contributed by atoms with Crippen LogP contribution in [0.3, 0.4) is 0 Å². The maximum absolute atomic E-state index is 9.10. The van der Waals surface area contributed by atoms with E-state index in [9.17, 15) is 0 Å². The van der Waals surface area contributed by atoms with E-state index >= 15 is 0 Å². The number of nitrogens with zero attached hydrogens (tertiary/aromatic N) is 2.